The monoisotopic (exact) mass is 566 g/mol. The molecule has 0 saturated heterocycles. The molecule has 2 aromatic heterocycles. The summed E-state index contributed by atoms with van der Waals surface area (Å²) in [5.41, 5.74) is 0.0842. The Morgan fingerprint density at radius 1 is 1.26 bits per heavy atom. The summed E-state index contributed by atoms with van der Waals surface area (Å²) in [6.45, 7) is 1.92. The molecule has 34 heavy (non-hydrogen) atoms. The lowest BCUT2D eigenvalue weighted by molar-refractivity contribution is -0.389. The van der Waals surface area contributed by atoms with Gasteiger partial charge in [0.25, 0.3) is 11.8 Å². The fourth-order valence-corrected chi connectivity index (χ4v) is 4.48. The van der Waals surface area contributed by atoms with Crippen LogP contribution < -0.4 is 10.6 Å². The van der Waals surface area contributed by atoms with E-state index in [4.69, 9.17) is 23.2 Å². The smallest absolute Gasteiger partial charge is 0.358 e. The molecule has 10 nitrogen and oxygen atoms in total. The molecule has 176 valence electrons. The fourth-order valence-electron chi connectivity index (χ4n) is 3.37. The van der Waals surface area contributed by atoms with E-state index in [9.17, 15) is 19.7 Å². The molecule has 0 aliphatic heterocycles. The van der Waals surface area contributed by atoms with Gasteiger partial charge >= 0.3 is 5.82 Å². The first-order valence-corrected chi connectivity index (χ1v) is 11.7. The number of nitro groups is 1. The van der Waals surface area contributed by atoms with Gasteiger partial charge in [0.15, 0.2) is 11.5 Å². The molecule has 3 aromatic rings. The highest BCUT2D eigenvalue weighted by atomic mass is 79.9. The van der Waals surface area contributed by atoms with Crippen molar-refractivity contribution >= 4 is 62.5 Å². The van der Waals surface area contributed by atoms with Gasteiger partial charge in [0, 0.05) is 21.7 Å². The van der Waals surface area contributed by atoms with Gasteiger partial charge in [0.1, 0.15) is 0 Å². The van der Waals surface area contributed by atoms with Crippen LogP contribution in [0.1, 0.15) is 40.6 Å². The molecule has 0 radical (unpaired) electrons. The van der Waals surface area contributed by atoms with Gasteiger partial charge in [-0.3, -0.25) is 9.59 Å². The Kier molecular flexibility index (Phi) is 6.87. The fraction of sp³-hybridized carbons (Fsp3) is 0.238. The van der Waals surface area contributed by atoms with E-state index in [1.165, 1.54) is 24.4 Å². The van der Waals surface area contributed by atoms with Crippen molar-refractivity contribution in [2.45, 2.75) is 25.8 Å². The van der Waals surface area contributed by atoms with Gasteiger partial charge in [-0.05, 0) is 70.8 Å². The van der Waals surface area contributed by atoms with E-state index in [-0.39, 0.29) is 38.8 Å². The molecular formula is C21H17BrCl2N6O4. The zero-order chi connectivity index (χ0) is 24.6. The van der Waals surface area contributed by atoms with E-state index >= 15 is 0 Å². The van der Waals surface area contributed by atoms with Crippen LogP contribution in [-0.4, -0.2) is 37.5 Å². The van der Waals surface area contributed by atoms with Gasteiger partial charge in [0.05, 0.1) is 27.4 Å². The van der Waals surface area contributed by atoms with Crippen molar-refractivity contribution in [1.29, 1.82) is 0 Å². The van der Waals surface area contributed by atoms with E-state index in [1.807, 2.05) is 6.92 Å². The largest absolute Gasteiger partial charge is 0.391 e. The van der Waals surface area contributed by atoms with Gasteiger partial charge in [-0.25, -0.2) is 4.98 Å². The molecule has 0 spiro atoms. The summed E-state index contributed by atoms with van der Waals surface area (Å²) in [7, 11) is 0. The molecular weight excluding hydrogens is 551 g/mol. The molecule has 1 aliphatic carbocycles. The third-order valence-electron chi connectivity index (χ3n) is 5.28. The Labute approximate surface area is 211 Å². The predicted octanol–water partition coefficient (Wildman–Crippen LogP) is 5.03. The molecule has 1 saturated carbocycles. The lowest BCUT2D eigenvalue weighted by Crippen LogP contribution is -2.34. The quantitative estimate of drug-likeness (QED) is 0.304. The number of nitrogens with one attached hydrogen (secondary N) is 2. The minimum Gasteiger partial charge on any atom is -0.358 e. The Bertz CT molecular complexity index is 1310. The zero-order valence-corrected chi connectivity index (χ0v) is 20.7. The summed E-state index contributed by atoms with van der Waals surface area (Å²) >= 11 is 15.7. The van der Waals surface area contributed by atoms with Crippen LogP contribution in [0.2, 0.25) is 10.0 Å². The first-order chi connectivity index (χ1) is 16.2. The van der Waals surface area contributed by atoms with Crippen LogP contribution in [0.25, 0.3) is 5.82 Å². The number of benzene rings is 1. The zero-order valence-electron chi connectivity index (χ0n) is 17.6. The van der Waals surface area contributed by atoms with Crippen molar-refractivity contribution in [3.8, 4) is 5.82 Å². The summed E-state index contributed by atoms with van der Waals surface area (Å²) in [6.07, 6.45) is 3.50. The number of halogens is 3. The van der Waals surface area contributed by atoms with Gasteiger partial charge in [0.2, 0.25) is 0 Å². The number of anilines is 1. The van der Waals surface area contributed by atoms with Gasteiger partial charge in [-0.2, -0.15) is 0 Å². The van der Waals surface area contributed by atoms with Crippen LogP contribution in [0.15, 0.2) is 41.0 Å². The molecule has 1 unspecified atom stereocenters. The summed E-state index contributed by atoms with van der Waals surface area (Å²) in [6, 6.07) is 7.00. The maximum absolute atomic E-state index is 13.3. The normalized spacial score (nSPS) is 13.9. The van der Waals surface area contributed by atoms with Crippen LogP contribution in [0.4, 0.5) is 11.5 Å². The minimum absolute atomic E-state index is 0.0359. The Morgan fingerprint density at radius 3 is 2.65 bits per heavy atom. The number of aromatic nitrogens is 3. The number of pyridine rings is 1. The standard InChI is InChI=1S/C21H17BrCl2N6O4/c1-10(11-4-5-11)26-20(31)13-7-12(23)8-14(22)18(13)27-21(32)16-9-17(30(33)34)28-29(16)19-15(24)3-2-6-25-19/h2-3,6-11H,4-5H2,1H3,(H,26,31)(H,27,32). The molecule has 4 rings (SSSR count). The van der Waals surface area contributed by atoms with Gasteiger partial charge in [-0.1, -0.05) is 23.2 Å². The van der Waals surface area contributed by atoms with Gasteiger partial charge < -0.3 is 20.7 Å². The molecule has 1 fully saturated rings. The third-order valence-corrected chi connectivity index (χ3v) is 6.42. The van der Waals surface area contributed by atoms with Crippen molar-refractivity contribution in [2.24, 2.45) is 5.92 Å². The van der Waals surface area contributed by atoms with E-state index in [0.29, 0.717) is 10.4 Å². The number of carbonyl (C=O) groups is 2. The van der Waals surface area contributed by atoms with E-state index in [0.717, 1.165) is 23.6 Å². The lowest BCUT2D eigenvalue weighted by atomic mass is 10.1. The van der Waals surface area contributed by atoms with Crippen molar-refractivity contribution < 1.29 is 14.5 Å². The molecule has 13 heteroatoms. The van der Waals surface area contributed by atoms with Crippen LogP contribution in [0.3, 0.4) is 0 Å². The molecule has 2 heterocycles. The first kappa shape index (κ1) is 24.1. The maximum atomic E-state index is 13.3. The highest BCUT2D eigenvalue weighted by molar-refractivity contribution is 9.10. The Balaban J connectivity index is 1.71. The summed E-state index contributed by atoms with van der Waals surface area (Å²) in [4.78, 5) is 40.9. The molecule has 2 amide bonds. The second kappa shape index (κ2) is 9.69. The topological polar surface area (TPSA) is 132 Å². The van der Waals surface area contributed by atoms with Crippen molar-refractivity contribution in [2.75, 3.05) is 5.32 Å². The second-order valence-corrected chi connectivity index (χ2v) is 9.43. The summed E-state index contributed by atoms with van der Waals surface area (Å²) < 4.78 is 1.34. The van der Waals surface area contributed by atoms with Gasteiger partial charge in [-0.15, -0.1) is 4.68 Å². The van der Waals surface area contributed by atoms with Crippen molar-refractivity contribution in [3.05, 3.63) is 72.4 Å². The molecule has 0 bridgehead atoms. The van der Waals surface area contributed by atoms with Crippen molar-refractivity contribution in [3.63, 3.8) is 0 Å². The number of hydrogen-bond acceptors (Lipinski definition) is 6. The SMILES string of the molecule is CC(NC(=O)c1cc(Cl)cc(Br)c1NC(=O)c1cc([N+](=O)[O-])nn1-c1ncccc1Cl)C1CC1. The highest BCUT2D eigenvalue weighted by Gasteiger charge is 2.31. The molecule has 1 aliphatic rings. The van der Waals surface area contributed by atoms with Crippen LogP contribution in [0.5, 0.6) is 0 Å². The van der Waals surface area contributed by atoms with E-state index in [1.54, 1.807) is 6.07 Å². The van der Waals surface area contributed by atoms with Crippen LogP contribution in [0, 0.1) is 16.0 Å². The Morgan fingerprint density at radius 2 is 2.00 bits per heavy atom. The van der Waals surface area contributed by atoms with Crippen molar-refractivity contribution in [1.82, 2.24) is 20.1 Å². The summed E-state index contributed by atoms with van der Waals surface area (Å²) in [5.74, 6) is -1.30. The second-order valence-electron chi connectivity index (χ2n) is 7.73. The number of nitrogens with zero attached hydrogens (tertiary/aromatic N) is 4. The molecule has 1 atom stereocenters. The number of hydrogen-bond donors (Lipinski definition) is 2. The minimum atomic E-state index is -0.769. The first-order valence-electron chi connectivity index (χ1n) is 10.1. The number of rotatable bonds is 7. The average molecular weight is 568 g/mol. The van der Waals surface area contributed by atoms with Crippen LogP contribution in [-0.2, 0) is 0 Å². The molecule has 1 aromatic carbocycles. The number of amides is 2. The molecule has 2 N–H and O–H groups in total. The lowest BCUT2D eigenvalue weighted by Gasteiger charge is -2.17. The van der Waals surface area contributed by atoms with Crippen LogP contribution >= 0.6 is 39.1 Å². The Hall–Kier alpha value is -3.02. The van der Waals surface area contributed by atoms with E-state index < -0.39 is 22.6 Å². The third kappa shape index (κ3) is 5.06. The van der Waals surface area contributed by atoms with E-state index in [2.05, 4.69) is 36.6 Å². The highest BCUT2D eigenvalue weighted by Crippen LogP contribution is 2.34. The predicted molar refractivity (Wildman–Crippen MR) is 130 cm³/mol. The summed E-state index contributed by atoms with van der Waals surface area (Å²) in [5, 5.41) is 21.2. The maximum Gasteiger partial charge on any atom is 0.391 e. The average Bonchev–Trinajstić information content (AvgIpc) is 3.54. The number of carbonyl (C=O) groups excluding carboxylic acids is 2.